The molecule has 0 aromatic heterocycles. The Balaban J connectivity index is 1.85. The normalized spacial score (nSPS) is 15.2. The number of amides is 1. The van der Waals surface area contributed by atoms with E-state index in [1.165, 1.54) is 17.8 Å². The van der Waals surface area contributed by atoms with Gasteiger partial charge in [0, 0.05) is 23.5 Å². The first kappa shape index (κ1) is 22.8. The van der Waals surface area contributed by atoms with Crippen LogP contribution in [-0.2, 0) is 21.2 Å². The molecule has 0 saturated carbocycles. The highest BCUT2D eigenvalue weighted by molar-refractivity contribution is 7.98. The van der Waals surface area contributed by atoms with Crippen molar-refractivity contribution in [2.75, 3.05) is 32.6 Å². The Morgan fingerprint density at radius 2 is 1.80 bits per heavy atom. The molecule has 1 aliphatic heterocycles. The summed E-state index contributed by atoms with van der Waals surface area (Å²) < 4.78 is 34.4. The van der Waals surface area contributed by atoms with Gasteiger partial charge in [-0.05, 0) is 50.3 Å². The second-order valence-corrected chi connectivity index (χ2v) is 10.4. The molecule has 6 nitrogen and oxygen atoms in total. The second kappa shape index (κ2) is 9.51. The monoisotopic (exact) mass is 448 g/mol. The van der Waals surface area contributed by atoms with Crippen LogP contribution in [0.4, 0.5) is 0 Å². The van der Waals surface area contributed by atoms with Gasteiger partial charge < -0.3 is 9.64 Å². The molecule has 3 rings (SSSR count). The molecule has 1 fully saturated rings. The lowest BCUT2D eigenvalue weighted by Crippen LogP contribution is -2.45. The Hall–Kier alpha value is -1.87. The van der Waals surface area contributed by atoms with Crippen molar-refractivity contribution in [3.63, 3.8) is 0 Å². The molecule has 8 heteroatoms. The van der Waals surface area contributed by atoms with Crippen molar-refractivity contribution in [3.05, 3.63) is 59.7 Å². The first-order valence-corrected chi connectivity index (χ1v) is 12.6. The number of carbonyl (C=O) groups is 1. The van der Waals surface area contributed by atoms with Gasteiger partial charge in [0.1, 0.15) is 0 Å². The molecule has 30 heavy (non-hydrogen) atoms. The van der Waals surface area contributed by atoms with Crippen LogP contribution in [0.1, 0.15) is 29.8 Å². The minimum atomic E-state index is -3.80. The topological polar surface area (TPSA) is 75.7 Å². The molecule has 0 bridgehead atoms. The van der Waals surface area contributed by atoms with Gasteiger partial charge >= 0.3 is 0 Å². The first-order valence-electron chi connectivity index (χ1n) is 9.85. The van der Waals surface area contributed by atoms with Gasteiger partial charge in [-0.1, -0.05) is 30.3 Å². The van der Waals surface area contributed by atoms with Gasteiger partial charge in [0.2, 0.25) is 10.0 Å². The van der Waals surface area contributed by atoms with Gasteiger partial charge in [0.05, 0.1) is 23.7 Å². The third-order valence-electron chi connectivity index (χ3n) is 4.91. The number of hydrogen-bond acceptors (Lipinski definition) is 5. The van der Waals surface area contributed by atoms with E-state index in [2.05, 4.69) is 4.72 Å². The minimum Gasteiger partial charge on any atom is -0.378 e. The Labute approximate surface area is 183 Å². The zero-order chi connectivity index (χ0) is 21.8. The van der Waals surface area contributed by atoms with E-state index in [1.807, 2.05) is 50.4 Å². The van der Waals surface area contributed by atoms with Crippen LogP contribution in [0.2, 0.25) is 0 Å². The van der Waals surface area contributed by atoms with Crippen molar-refractivity contribution in [1.29, 1.82) is 0 Å². The minimum absolute atomic E-state index is 0.0954. The number of thioether (sulfide) groups is 1. The van der Waals surface area contributed by atoms with Gasteiger partial charge in [-0.15, -0.1) is 11.8 Å². The summed E-state index contributed by atoms with van der Waals surface area (Å²) in [4.78, 5) is 15.6. The number of benzene rings is 2. The molecule has 0 aliphatic carbocycles. The highest BCUT2D eigenvalue weighted by atomic mass is 32.2. The Morgan fingerprint density at radius 1 is 1.13 bits per heavy atom. The van der Waals surface area contributed by atoms with Crippen LogP contribution in [0.5, 0.6) is 0 Å². The quantitative estimate of drug-likeness (QED) is 0.659. The lowest BCUT2D eigenvalue weighted by atomic mass is 9.96. The van der Waals surface area contributed by atoms with Crippen molar-refractivity contribution in [1.82, 2.24) is 9.62 Å². The van der Waals surface area contributed by atoms with E-state index >= 15 is 0 Å². The summed E-state index contributed by atoms with van der Waals surface area (Å²) in [5.74, 6) is -0.164. The Kier molecular flexibility index (Phi) is 7.23. The smallest absolute Gasteiger partial charge is 0.255 e. The highest BCUT2D eigenvalue weighted by Crippen LogP contribution is 2.26. The molecule has 0 spiro atoms. The molecule has 1 saturated heterocycles. The fourth-order valence-corrected chi connectivity index (χ4v) is 5.53. The van der Waals surface area contributed by atoms with Crippen LogP contribution in [0.15, 0.2) is 58.3 Å². The van der Waals surface area contributed by atoms with Crippen LogP contribution in [0, 0.1) is 0 Å². The molecule has 2 aromatic carbocycles. The summed E-state index contributed by atoms with van der Waals surface area (Å²) in [7, 11) is -3.80. The molecule has 1 aliphatic rings. The fraction of sp³-hybridized carbons (Fsp3) is 0.409. The molecule has 0 atom stereocenters. The average molecular weight is 449 g/mol. The highest BCUT2D eigenvalue weighted by Gasteiger charge is 2.28. The molecule has 1 N–H and O–H groups in total. The van der Waals surface area contributed by atoms with Crippen molar-refractivity contribution in [2.24, 2.45) is 0 Å². The SMILES string of the molecule is CSc1ccc(S(=O)(=O)NC(C)(C)Cc2ccccc2)cc1C(=O)N1CCOCC1. The van der Waals surface area contributed by atoms with Gasteiger partial charge in [0.15, 0.2) is 0 Å². The molecular formula is C22H28N2O4S2. The number of ether oxygens (including phenoxy) is 1. The number of nitrogens with one attached hydrogen (secondary N) is 1. The predicted molar refractivity (Wildman–Crippen MR) is 119 cm³/mol. The van der Waals surface area contributed by atoms with E-state index < -0.39 is 15.6 Å². The van der Waals surface area contributed by atoms with E-state index in [0.717, 1.165) is 10.5 Å². The Morgan fingerprint density at radius 3 is 2.43 bits per heavy atom. The number of rotatable bonds is 7. The molecule has 162 valence electrons. The largest absolute Gasteiger partial charge is 0.378 e. The number of morpholine rings is 1. The van der Waals surface area contributed by atoms with Gasteiger partial charge in [-0.2, -0.15) is 0 Å². The van der Waals surface area contributed by atoms with Crippen LogP contribution >= 0.6 is 11.8 Å². The fourth-order valence-electron chi connectivity index (χ4n) is 3.52. The Bertz CT molecular complexity index is 985. The molecule has 0 unspecified atom stereocenters. The van der Waals surface area contributed by atoms with Crippen LogP contribution < -0.4 is 4.72 Å². The number of sulfonamides is 1. The van der Waals surface area contributed by atoms with Crippen LogP contribution in [0.3, 0.4) is 0 Å². The van der Waals surface area contributed by atoms with Crippen molar-refractivity contribution < 1.29 is 17.9 Å². The van der Waals surface area contributed by atoms with E-state index in [9.17, 15) is 13.2 Å². The third-order valence-corrected chi connectivity index (χ3v) is 7.40. The van der Waals surface area contributed by atoms with Crippen molar-refractivity contribution in [2.45, 2.75) is 35.6 Å². The van der Waals surface area contributed by atoms with Crippen LogP contribution in [-0.4, -0.2) is 57.3 Å². The molecule has 0 radical (unpaired) electrons. The van der Waals surface area contributed by atoms with Gasteiger partial charge in [-0.25, -0.2) is 13.1 Å². The second-order valence-electron chi connectivity index (χ2n) is 7.92. The van der Waals surface area contributed by atoms with E-state index in [4.69, 9.17) is 4.74 Å². The summed E-state index contributed by atoms with van der Waals surface area (Å²) in [5.41, 5.74) is 0.770. The molecular weight excluding hydrogens is 420 g/mol. The standard InChI is InChI=1S/C22H28N2O4S2/c1-22(2,16-17-7-5-4-6-8-17)23-30(26,27)18-9-10-20(29-3)19(15-18)21(25)24-11-13-28-14-12-24/h4-10,15,23H,11-14,16H2,1-3H3. The summed E-state index contributed by atoms with van der Waals surface area (Å²) in [5, 5.41) is 0. The zero-order valence-corrected chi connectivity index (χ0v) is 19.2. The van der Waals surface area contributed by atoms with Gasteiger partial charge in [0.25, 0.3) is 5.91 Å². The first-order chi connectivity index (χ1) is 14.2. The summed E-state index contributed by atoms with van der Waals surface area (Å²) in [6.45, 7) is 5.71. The van der Waals surface area contributed by atoms with Crippen LogP contribution in [0.25, 0.3) is 0 Å². The molecule has 1 amide bonds. The van der Waals surface area contributed by atoms with Gasteiger partial charge in [-0.3, -0.25) is 4.79 Å². The molecule has 1 heterocycles. The summed E-state index contributed by atoms with van der Waals surface area (Å²) in [6, 6.07) is 14.5. The van der Waals surface area contributed by atoms with E-state index in [0.29, 0.717) is 38.3 Å². The third kappa shape index (κ3) is 5.63. The molecule has 2 aromatic rings. The maximum absolute atomic E-state index is 13.1. The summed E-state index contributed by atoms with van der Waals surface area (Å²) in [6.07, 6.45) is 2.43. The average Bonchev–Trinajstić information content (AvgIpc) is 2.73. The van der Waals surface area contributed by atoms with E-state index in [1.54, 1.807) is 17.0 Å². The predicted octanol–water partition coefficient (Wildman–Crippen LogP) is 3.18. The maximum Gasteiger partial charge on any atom is 0.255 e. The maximum atomic E-state index is 13.1. The number of carbonyl (C=O) groups excluding carboxylic acids is 1. The summed E-state index contributed by atoms with van der Waals surface area (Å²) >= 11 is 1.43. The van der Waals surface area contributed by atoms with Crippen molar-refractivity contribution in [3.8, 4) is 0 Å². The lowest BCUT2D eigenvalue weighted by molar-refractivity contribution is 0.0300. The lowest BCUT2D eigenvalue weighted by Gasteiger charge is -2.28. The zero-order valence-electron chi connectivity index (χ0n) is 17.6. The van der Waals surface area contributed by atoms with Crippen molar-refractivity contribution >= 4 is 27.7 Å². The number of nitrogens with zero attached hydrogens (tertiary/aromatic N) is 1. The van der Waals surface area contributed by atoms with E-state index in [-0.39, 0.29) is 10.8 Å². The number of hydrogen-bond donors (Lipinski definition) is 1.